The van der Waals surface area contributed by atoms with Gasteiger partial charge in [0.1, 0.15) is 9.57 Å². The van der Waals surface area contributed by atoms with Gasteiger partial charge in [0.05, 0.1) is 0 Å². The Balaban J connectivity index is 1.76. The lowest BCUT2D eigenvalue weighted by Crippen LogP contribution is -2.27. The predicted molar refractivity (Wildman–Crippen MR) is 110 cm³/mol. The third-order valence-electron chi connectivity index (χ3n) is 4.24. The largest absolute Gasteiger partial charge is 0.357 e. The average molecular weight is 371 g/mol. The zero-order chi connectivity index (χ0) is 17.6. The Hall–Kier alpha value is -1.85. The first-order chi connectivity index (χ1) is 12.1. The van der Waals surface area contributed by atoms with Gasteiger partial charge in [-0.05, 0) is 37.5 Å². The molecular formula is C20H22N2OS2. The second-order valence-corrected chi connectivity index (χ2v) is 7.96. The molecule has 0 aromatic heterocycles. The van der Waals surface area contributed by atoms with E-state index in [1.54, 1.807) is 0 Å². The summed E-state index contributed by atoms with van der Waals surface area (Å²) in [5, 5.41) is 2.67. The Kier molecular flexibility index (Phi) is 6.10. The van der Waals surface area contributed by atoms with E-state index in [1.165, 1.54) is 30.2 Å². The summed E-state index contributed by atoms with van der Waals surface area (Å²) >= 11 is 7.07. The zero-order valence-corrected chi connectivity index (χ0v) is 15.9. The Morgan fingerprint density at radius 2 is 1.72 bits per heavy atom. The van der Waals surface area contributed by atoms with Gasteiger partial charge in [0, 0.05) is 18.8 Å². The summed E-state index contributed by atoms with van der Waals surface area (Å²) in [6, 6.07) is 17.7. The van der Waals surface area contributed by atoms with Crippen molar-refractivity contribution in [3.05, 3.63) is 65.7 Å². The smallest absolute Gasteiger partial charge is 0.242 e. The summed E-state index contributed by atoms with van der Waals surface area (Å²) in [5.74, 6) is -0.0402. The molecule has 0 aliphatic carbocycles. The maximum atomic E-state index is 12.9. The van der Waals surface area contributed by atoms with Crippen LogP contribution in [0.1, 0.15) is 29.2 Å². The van der Waals surface area contributed by atoms with Crippen molar-refractivity contribution in [2.75, 3.05) is 18.4 Å². The zero-order valence-electron chi connectivity index (χ0n) is 14.3. The van der Waals surface area contributed by atoms with Gasteiger partial charge in [0.25, 0.3) is 0 Å². The fraction of sp³-hybridized carbons (Fsp3) is 0.300. The fourth-order valence-electron chi connectivity index (χ4n) is 2.82. The highest BCUT2D eigenvalue weighted by atomic mass is 32.2. The average Bonchev–Trinajstić information content (AvgIpc) is 3.17. The second-order valence-electron chi connectivity index (χ2n) is 6.22. The third kappa shape index (κ3) is 4.83. The molecular weight excluding hydrogens is 348 g/mol. The monoisotopic (exact) mass is 370 g/mol. The maximum absolute atomic E-state index is 12.9. The van der Waals surface area contributed by atoms with Crippen LogP contribution in [0.25, 0.3) is 0 Å². The Morgan fingerprint density at radius 1 is 1.08 bits per heavy atom. The van der Waals surface area contributed by atoms with Gasteiger partial charge in [-0.25, -0.2) is 0 Å². The standard InChI is InChI=1S/C20H22N2OS2/c1-15-9-11-17(12-10-15)21-19(23)18(16-7-3-2-4-8-16)25-20(24)22-13-5-6-14-22/h2-4,7-12,18H,5-6,13-14H2,1H3,(H,21,23)/t18-/m1/s1. The lowest BCUT2D eigenvalue weighted by molar-refractivity contribution is -0.115. The van der Waals surface area contributed by atoms with Crippen LogP contribution in [0, 0.1) is 6.92 Å². The van der Waals surface area contributed by atoms with Gasteiger partial charge in [0.2, 0.25) is 5.91 Å². The molecule has 1 heterocycles. The SMILES string of the molecule is Cc1ccc(NC(=O)[C@H](SC(=S)N2CCCC2)c2ccccc2)cc1. The molecule has 3 rings (SSSR count). The fourth-order valence-corrected chi connectivity index (χ4v) is 4.28. The number of carbonyl (C=O) groups is 1. The number of thioether (sulfide) groups is 1. The van der Waals surface area contributed by atoms with Crippen LogP contribution in [0.5, 0.6) is 0 Å². The van der Waals surface area contributed by atoms with E-state index in [9.17, 15) is 4.79 Å². The van der Waals surface area contributed by atoms with E-state index in [4.69, 9.17) is 12.2 Å². The number of rotatable bonds is 4. The quantitative estimate of drug-likeness (QED) is 0.785. The topological polar surface area (TPSA) is 32.3 Å². The Bertz CT molecular complexity index is 725. The van der Waals surface area contributed by atoms with Crippen molar-refractivity contribution in [2.45, 2.75) is 25.0 Å². The predicted octanol–water partition coefficient (Wildman–Crippen LogP) is 4.79. The number of thiocarbonyl (C=S) groups is 1. The van der Waals surface area contributed by atoms with Gasteiger partial charge >= 0.3 is 0 Å². The number of hydrogen-bond donors (Lipinski definition) is 1. The molecule has 0 bridgehead atoms. The molecule has 0 unspecified atom stereocenters. The highest BCUT2D eigenvalue weighted by molar-refractivity contribution is 8.23. The van der Waals surface area contributed by atoms with Crippen LogP contribution in [0.3, 0.4) is 0 Å². The molecule has 2 aromatic rings. The number of benzene rings is 2. The Morgan fingerprint density at radius 3 is 2.36 bits per heavy atom. The van der Waals surface area contributed by atoms with E-state index >= 15 is 0 Å². The number of likely N-dealkylation sites (tertiary alicyclic amines) is 1. The van der Waals surface area contributed by atoms with Crippen molar-refractivity contribution in [3.63, 3.8) is 0 Å². The lowest BCUT2D eigenvalue weighted by atomic mass is 10.1. The van der Waals surface area contributed by atoms with Gasteiger partial charge < -0.3 is 10.2 Å². The van der Waals surface area contributed by atoms with Crippen LogP contribution >= 0.6 is 24.0 Å². The number of aryl methyl sites for hydroxylation is 1. The molecule has 0 radical (unpaired) electrons. The normalized spacial score (nSPS) is 15.0. The number of amides is 1. The first-order valence-electron chi connectivity index (χ1n) is 8.51. The number of anilines is 1. The molecule has 25 heavy (non-hydrogen) atoms. The summed E-state index contributed by atoms with van der Waals surface area (Å²) in [6.45, 7) is 4.02. The third-order valence-corrected chi connectivity index (χ3v) is 5.97. The first kappa shape index (κ1) is 18.0. The minimum atomic E-state index is -0.351. The molecule has 1 aliphatic rings. The minimum absolute atomic E-state index is 0.0402. The summed E-state index contributed by atoms with van der Waals surface area (Å²) in [6.07, 6.45) is 2.35. The van der Waals surface area contributed by atoms with E-state index in [2.05, 4.69) is 10.2 Å². The number of hydrogen-bond acceptors (Lipinski definition) is 3. The van der Waals surface area contributed by atoms with Crippen molar-refractivity contribution in [1.29, 1.82) is 0 Å². The molecule has 1 saturated heterocycles. The minimum Gasteiger partial charge on any atom is -0.357 e. The van der Waals surface area contributed by atoms with Gasteiger partial charge in [0.15, 0.2) is 0 Å². The first-order valence-corrected chi connectivity index (χ1v) is 9.80. The summed E-state index contributed by atoms with van der Waals surface area (Å²) in [7, 11) is 0. The summed E-state index contributed by atoms with van der Waals surface area (Å²) in [4.78, 5) is 15.1. The molecule has 130 valence electrons. The van der Waals surface area contributed by atoms with Gasteiger partial charge in [-0.2, -0.15) is 0 Å². The molecule has 1 amide bonds. The highest BCUT2D eigenvalue weighted by Crippen LogP contribution is 2.33. The molecule has 5 heteroatoms. The van der Waals surface area contributed by atoms with Crippen LogP contribution in [-0.2, 0) is 4.79 Å². The summed E-state index contributed by atoms with van der Waals surface area (Å²) in [5.41, 5.74) is 2.95. The van der Waals surface area contributed by atoms with E-state index in [1.807, 2.05) is 61.5 Å². The van der Waals surface area contributed by atoms with Crippen molar-refractivity contribution >= 4 is 39.9 Å². The molecule has 1 N–H and O–H groups in total. The van der Waals surface area contributed by atoms with Crippen LogP contribution in [0.2, 0.25) is 0 Å². The molecule has 2 aromatic carbocycles. The second kappa shape index (κ2) is 8.50. The maximum Gasteiger partial charge on any atom is 0.242 e. The molecule has 1 aliphatic heterocycles. The molecule has 1 atom stereocenters. The van der Waals surface area contributed by atoms with Gasteiger partial charge in [-0.1, -0.05) is 72.0 Å². The number of nitrogens with zero attached hydrogens (tertiary/aromatic N) is 1. The van der Waals surface area contributed by atoms with Gasteiger partial charge in [-0.3, -0.25) is 4.79 Å². The van der Waals surface area contributed by atoms with E-state index < -0.39 is 0 Å². The van der Waals surface area contributed by atoms with E-state index in [-0.39, 0.29) is 11.2 Å². The van der Waals surface area contributed by atoms with Crippen molar-refractivity contribution in [1.82, 2.24) is 4.90 Å². The van der Waals surface area contributed by atoms with Crippen LogP contribution in [0.15, 0.2) is 54.6 Å². The van der Waals surface area contributed by atoms with Crippen molar-refractivity contribution in [3.8, 4) is 0 Å². The van der Waals surface area contributed by atoms with Gasteiger partial charge in [-0.15, -0.1) is 0 Å². The van der Waals surface area contributed by atoms with Crippen LogP contribution < -0.4 is 5.32 Å². The van der Waals surface area contributed by atoms with E-state index in [0.29, 0.717) is 0 Å². The highest BCUT2D eigenvalue weighted by Gasteiger charge is 2.26. The van der Waals surface area contributed by atoms with Crippen LogP contribution in [-0.4, -0.2) is 28.2 Å². The van der Waals surface area contributed by atoms with Crippen molar-refractivity contribution < 1.29 is 4.79 Å². The number of carbonyl (C=O) groups excluding carboxylic acids is 1. The molecule has 0 spiro atoms. The van der Waals surface area contributed by atoms with Crippen molar-refractivity contribution in [2.24, 2.45) is 0 Å². The number of nitrogens with one attached hydrogen (secondary N) is 1. The lowest BCUT2D eigenvalue weighted by Gasteiger charge is -2.22. The molecule has 0 saturated carbocycles. The molecule has 1 fully saturated rings. The molecule has 3 nitrogen and oxygen atoms in total. The van der Waals surface area contributed by atoms with E-state index in [0.717, 1.165) is 28.7 Å². The summed E-state index contributed by atoms with van der Waals surface area (Å²) < 4.78 is 0.811. The van der Waals surface area contributed by atoms with Crippen LogP contribution in [0.4, 0.5) is 5.69 Å². The Labute approximate surface area is 158 Å².